The number of methoxy groups -OCH3 is 1. The second-order valence-electron chi connectivity index (χ2n) is 6.43. The molecular weight excluding hydrogens is 570 g/mol. The summed E-state index contributed by atoms with van der Waals surface area (Å²) in [6, 6.07) is 11.4. The summed E-state index contributed by atoms with van der Waals surface area (Å²) in [4.78, 5) is 25.1. The predicted octanol–water partition coefficient (Wildman–Crippen LogP) is 5.48. The maximum atomic E-state index is 12.6. The average Bonchev–Trinajstić information content (AvgIpc) is 2.97. The molecule has 1 heterocycles. The number of carbonyl (C=O) groups excluding carboxylic acids is 1. The number of aliphatic carboxylic acids is 1. The molecule has 1 aliphatic heterocycles. The van der Waals surface area contributed by atoms with Gasteiger partial charge < -0.3 is 14.6 Å². The van der Waals surface area contributed by atoms with Gasteiger partial charge in [-0.2, -0.15) is 0 Å². The Hall–Kier alpha value is -1.88. The molecule has 2 aromatic rings. The van der Waals surface area contributed by atoms with Gasteiger partial charge in [-0.25, -0.2) is 0 Å². The number of amides is 1. The zero-order valence-electron chi connectivity index (χ0n) is 16.3. The van der Waals surface area contributed by atoms with Crippen LogP contribution in [0.4, 0.5) is 0 Å². The molecule has 1 N–H and O–H groups in total. The van der Waals surface area contributed by atoms with Crippen LogP contribution < -0.4 is 9.47 Å². The van der Waals surface area contributed by atoms with Crippen molar-refractivity contribution in [3.63, 3.8) is 0 Å². The van der Waals surface area contributed by atoms with Crippen LogP contribution in [-0.2, 0) is 16.2 Å². The van der Waals surface area contributed by atoms with E-state index in [0.29, 0.717) is 31.8 Å². The van der Waals surface area contributed by atoms with Crippen LogP contribution in [0.5, 0.6) is 11.5 Å². The molecule has 3 rings (SSSR count). The summed E-state index contributed by atoms with van der Waals surface area (Å²) in [6.45, 7) is 0.405. The number of nitrogens with zero attached hydrogens (tertiary/aromatic N) is 1. The first-order chi connectivity index (χ1) is 14.8. The summed E-state index contributed by atoms with van der Waals surface area (Å²) in [5.74, 6) is -0.225. The summed E-state index contributed by atoms with van der Waals surface area (Å²) in [5, 5.41) is 8.86. The second-order valence-corrected chi connectivity index (χ2v) is 9.88. The van der Waals surface area contributed by atoms with E-state index >= 15 is 0 Å². The fraction of sp³-hybridized carbons (Fsp3) is 0.190. The lowest BCUT2D eigenvalue weighted by Gasteiger charge is -2.14. The van der Waals surface area contributed by atoms with Crippen LogP contribution >= 0.6 is 55.8 Å². The van der Waals surface area contributed by atoms with E-state index < -0.39 is 5.97 Å². The molecule has 0 saturated carbocycles. The van der Waals surface area contributed by atoms with Crippen molar-refractivity contribution in [3.8, 4) is 11.5 Å². The third-order valence-corrected chi connectivity index (χ3v) is 6.70. The van der Waals surface area contributed by atoms with Gasteiger partial charge in [0.1, 0.15) is 10.9 Å². The SMILES string of the molecule is COc1cc(/C=C2/SC(=S)N(CCC(=O)O)C2=O)cc(Br)c1OCc1cccc(Br)c1. The van der Waals surface area contributed by atoms with Gasteiger partial charge in [0.2, 0.25) is 0 Å². The molecule has 0 aliphatic carbocycles. The van der Waals surface area contributed by atoms with Gasteiger partial charge in [0, 0.05) is 11.0 Å². The van der Waals surface area contributed by atoms with Crippen LogP contribution in [0.15, 0.2) is 50.2 Å². The number of thioether (sulfide) groups is 1. The number of halogens is 2. The van der Waals surface area contributed by atoms with Gasteiger partial charge in [-0.3, -0.25) is 14.5 Å². The number of ether oxygens (including phenoxy) is 2. The Morgan fingerprint density at radius 2 is 2.06 bits per heavy atom. The molecular formula is C21H17Br2NO5S2. The largest absolute Gasteiger partial charge is 0.493 e. The lowest BCUT2D eigenvalue weighted by molar-refractivity contribution is -0.137. The first kappa shape index (κ1) is 23.8. The monoisotopic (exact) mass is 585 g/mol. The van der Waals surface area contributed by atoms with E-state index in [2.05, 4.69) is 31.9 Å². The molecule has 1 amide bonds. The first-order valence-corrected chi connectivity index (χ1v) is 11.8. The van der Waals surface area contributed by atoms with Crippen LogP contribution in [0, 0.1) is 0 Å². The number of benzene rings is 2. The van der Waals surface area contributed by atoms with Gasteiger partial charge in [-0.05, 0) is 57.4 Å². The Morgan fingerprint density at radius 1 is 1.29 bits per heavy atom. The Balaban J connectivity index is 1.80. The molecule has 1 saturated heterocycles. The zero-order valence-corrected chi connectivity index (χ0v) is 21.1. The van der Waals surface area contributed by atoms with Crippen LogP contribution in [0.2, 0.25) is 0 Å². The molecule has 0 unspecified atom stereocenters. The number of hydrogen-bond acceptors (Lipinski definition) is 6. The summed E-state index contributed by atoms with van der Waals surface area (Å²) in [6.07, 6.45) is 1.54. The Morgan fingerprint density at radius 3 is 2.74 bits per heavy atom. The average molecular weight is 587 g/mol. The third-order valence-electron chi connectivity index (χ3n) is 4.24. The highest BCUT2D eigenvalue weighted by molar-refractivity contribution is 9.10. The highest BCUT2D eigenvalue weighted by Gasteiger charge is 2.32. The topological polar surface area (TPSA) is 76.1 Å². The van der Waals surface area contributed by atoms with Gasteiger partial charge in [-0.15, -0.1) is 0 Å². The highest BCUT2D eigenvalue weighted by Crippen LogP contribution is 2.39. The standard InChI is InChI=1S/C21H17Br2NO5S2/c1-28-16-9-13(10-17-20(27)24(21(30)31-17)6-5-18(25)26)8-15(23)19(16)29-11-12-3-2-4-14(22)7-12/h2-4,7-10H,5-6,11H2,1H3,(H,25,26)/b17-10+. The third kappa shape index (κ3) is 6.09. The number of hydrogen-bond donors (Lipinski definition) is 1. The van der Waals surface area contributed by atoms with E-state index in [1.807, 2.05) is 30.3 Å². The van der Waals surface area contributed by atoms with Gasteiger partial charge >= 0.3 is 5.97 Å². The summed E-state index contributed by atoms with van der Waals surface area (Å²) >= 11 is 13.3. The molecule has 162 valence electrons. The Kier molecular flexibility index (Phi) is 8.15. The molecule has 10 heteroatoms. The lowest BCUT2D eigenvalue weighted by atomic mass is 10.1. The summed E-state index contributed by atoms with van der Waals surface area (Å²) < 4.78 is 13.4. The van der Waals surface area contributed by atoms with Gasteiger partial charge in [-0.1, -0.05) is 52.0 Å². The van der Waals surface area contributed by atoms with Gasteiger partial charge in [0.05, 0.1) is 22.9 Å². The number of carboxylic acid groups (broad SMARTS) is 1. The Labute approximate surface area is 205 Å². The molecule has 31 heavy (non-hydrogen) atoms. The highest BCUT2D eigenvalue weighted by atomic mass is 79.9. The van der Waals surface area contributed by atoms with E-state index in [0.717, 1.165) is 27.4 Å². The van der Waals surface area contributed by atoms with Crippen molar-refractivity contribution in [2.24, 2.45) is 0 Å². The zero-order chi connectivity index (χ0) is 22.5. The van der Waals surface area contributed by atoms with Crippen LogP contribution in [0.1, 0.15) is 17.5 Å². The molecule has 0 bridgehead atoms. The van der Waals surface area contributed by atoms with Crippen LogP contribution in [0.3, 0.4) is 0 Å². The molecule has 1 fully saturated rings. The van der Waals surface area contributed by atoms with Crippen molar-refractivity contribution in [1.29, 1.82) is 0 Å². The van der Waals surface area contributed by atoms with E-state index in [9.17, 15) is 9.59 Å². The summed E-state index contributed by atoms with van der Waals surface area (Å²) in [7, 11) is 1.54. The molecule has 2 aromatic carbocycles. The van der Waals surface area contributed by atoms with E-state index in [-0.39, 0.29) is 18.9 Å². The number of carbonyl (C=O) groups is 2. The van der Waals surface area contributed by atoms with Crippen molar-refractivity contribution in [2.45, 2.75) is 13.0 Å². The fourth-order valence-electron chi connectivity index (χ4n) is 2.80. The fourth-order valence-corrected chi connectivity index (χ4v) is 5.13. The molecule has 0 atom stereocenters. The summed E-state index contributed by atoms with van der Waals surface area (Å²) in [5.41, 5.74) is 1.72. The number of rotatable bonds is 8. The maximum Gasteiger partial charge on any atom is 0.305 e. The maximum absolute atomic E-state index is 12.6. The number of thiocarbonyl (C=S) groups is 1. The predicted molar refractivity (Wildman–Crippen MR) is 131 cm³/mol. The minimum atomic E-state index is -0.981. The van der Waals surface area contributed by atoms with Gasteiger partial charge in [0.15, 0.2) is 11.5 Å². The first-order valence-electron chi connectivity index (χ1n) is 9.00. The van der Waals surface area contributed by atoms with E-state index in [1.165, 1.54) is 4.90 Å². The smallest absolute Gasteiger partial charge is 0.305 e. The molecule has 6 nitrogen and oxygen atoms in total. The van der Waals surface area contributed by atoms with Crippen molar-refractivity contribution < 1.29 is 24.2 Å². The molecule has 0 spiro atoms. The van der Waals surface area contributed by atoms with Crippen molar-refractivity contribution in [1.82, 2.24) is 4.90 Å². The lowest BCUT2D eigenvalue weighted by Crippen LogP contribution is -2.30. The van der Waals surface area contributed by atoms with Crippen LogP contribution in [0.25, 0.3) is 6.08 Å². The molecule has 1 aliphatic rings. The van der Waals surface area contributed by atoms with Crippen LogP contribution in [-0.4, -0.2) is 39.9 Å². The van der Waals surface area contributed by atoms with Crippen molar-refractivity contribution >= 4 is 78.1 Å². The van der Waals surface area contributed by atoms with Gasteiger partial charge in [0.25, 0.3) is 5.91 Å². The van der Waals surface area contributed by atoms with Crippen molar-refractivity contribution in [3.05, 3.63) is 61.4 Å². The Bertz CT molecular complexity index is 1070. The quantitative estimate of drug-likeness (QED) is 0.324. The minimum absolute atomic E-state index is 0.0483. The molecule has 0 aromatic heterocycles. The van der Waals surface area contributed by atoms with E-state index in [1.54, 1.807) is 19.3 Å². The second kappa shape index (κ2) is 10.6. The van der Waals surface area contributed by atoms with E-state index in [4.69, 9.17) is 26.8 Å². The number of carboxylic acids is 1. The molecule has 0 radical (unpaired) electrons. The normalized spacial score (nSPS) is 14.9. The van der Waals surface area contributed by atoms with Crippen molar-refractivity contribution in [2.75, 3.05) is 13.7 Å². The minimum Gasteiger partial charge on any atom is -0.493 e.